The van der Waals surface area contributed by atoms with E-state index in [-0.39, 0.29) is 0 Å². The molecule has 4 nitrogen and oxygen atoms in total. The number of fused-ring (bicyclic) bond motifs is 1. The first kappa shape index (κ1) is 12.8. The minimum Gasteiger partial charge on any atom is -0.418 e. The number of hydrogen-bond acceptors (Lipinski definition) is 3. The number of aromatic nitrogens is 3. The van der Waals surface area contributed by atoms with Gasteiger partial charge in [-0.1, -0.05) is 35.9 Å². The Kier molecular flexibility index (Phi) is 2.82. The van der Waals surface area contributed by atoms with Crippen molar-refractivity contribution in [3.63, 3.8) is 0 Å². The molecule has 0 radical (unpaired) electrons. The lowest BCUT2D eigenvalue weighted by atomic mass is 10.1. The third-order valence-corrected chi connectivity index (χ3v) is 3.69. The van der Waals surface area contributed by atoms with E-state index in [9.17, 15) is 0 Å². The maximum absolute atomic E-state index is 5.99. The highest BCUT2D eigenvalue weighted by atomic mass is 16.4. The summed E-state index contributed by atoms with van der Waals surface area (Å²) in [6.45, 7) is 4.01. The Morgan fingerprint density at radius 1 is 0.909 bits per heavy atom. The molecule has 0 amide bonds. The van der Waals surface area contributed by atoms with E-state index in [2.05, 4.69) is 29.1 Å². The van der Waals surface area contributed by atoms with Gasteiger partial charge in [-0.2, -0.15) is 9.78 Å². The lowest BCUT2D eigenvalue weighted by Gasteiger charge is -2.00. The van der Waals surface area contributed by atoms with Crippen LogP contribution in [0.2, 0.25) is 0 Å². The van der Waals surface area contributed by atoms with E-state index in [1.165, 1.54) is 5.56 Å². The number of nitrogens with zero attached hydrogens (tertiary/aromatic N) is 3. The minimum atomic E-state index is 0.625. The van der Waals surface area contributed by atoms with Crippen LogP contribution in [0.1, 0.15) is 11.3 Å². The van der Waals surface area contributed by atoms with Crippen molar-refractivity contribution in [2.24, 2.45) is 0 Å². The first-order valence-corrected chi connectivity index (χ1v) is 7.21. The molecule has 0 saturated carbocycles. The normalized spacial score (nSPS) is 11.2. The van der Waals surface area contributed by atoms with E-state index in [4.69, 9.17) is 4.42 Å². The Labute approximate surface area is 128 Å². The van der Waals surface area contributed by atoms with Crippen molar-refractivity contribution in [2.75, 3.05) is 0 Å². The van der Waals surface area contributed by atoms with Gasteiger partial charge in [0.05, 0.1) is 11.4 Å². The molecule has 2 heterocycles. The molecule has 4 aromatic rings. The summed E-state index contributed by atoms with van der Waals surface area (Å²) in [5, 5.41) is 4.53. The van der Waals surface area contributed by atoms with Crippen LogP contribution >= 0.6 is 0 Å². The van der Waals surface area contributed by atoms with Gasteiger partial charge in [-0.05, 0) is 38.1 Å². The van der Waals surface area contributed by atoms with Crippen molar-refractivity contribution in [1.82, 2.24) is 14.8 Å². The van der Waals surface area contributed by atoms with Crippen molar-refractivity contribution >= 4 is 11.2 Å². The molecule has 108 valence electrons. The first-order chi connectivity index (χ1) is 10.7. The van der Waals surface area contributed by atoms with Gasteiger partial charge in [0.25, 0.3) is 5.71 Å². The Morgan fingerprint density at radius 2 is 1.64 bits per heavy atom. The maximum atomic E-state index is 5.99. The molecule has 4 rings (SSSR count). The highest BCUT2D eigenvalue weighted by Gasteiger charge is 2.17. The van der Waals surface area contributed by atoms with E-state index >= 15 is 0 Å². The van der Waals surface area contributed by atoms with E-state index in [0.29, 0.717) is 11.6 Å². The highest BCUT2D eigenvalue weighted by Crippen LogP contribution is 2.27. The van der Waals surface area contributed by atoms with Crippen LogP contribution in [0.5, 0.6) is 0 Å². The molecule has 0 aliphatic heterocycles. The average molecular weight is 289 g/mol. The zero-order valence-corrected chi connectivity index (χ0v) is 12.4. The molecule has 22 heavy (non-hydrogen) atoms. The predicted octanol–water partition coefficient (Wildman–Crippen LogP) is 4.30. The Morgan fingerprint density at radius 3 is 2.36 bits per heavy atom. The van der Waals surface area contributed by atoms with Crippen molar-refractivity contribution in [3.05, 3.63) is 65.9 Å². The van der Waals surface area contributed by atoms with Gasteiger partial charge in [-0.25, -0.2) is 4.98 Å². The van der Waals surface area contributed by atoms with E-state index in [0.717, 1.165) is 22.5 Å². The van der Waals surface area contributed by atoms with Crippen LogP contribution < -0.4 is 0 Å². The summed E-state index contributed by atoms with van der Waals surface area (Å²) in [4.78, 5) is 4.61. The molecule has 0 atom stereocenters. The lowest BCUT2D eigenvalue weighted by molar-refractivity contribution is 0.587. The number of benzene rings is 2. The minimum absolute atomic E-state index is 0.625. The number of hydrogen-bond donors (Lipinski definition) is 0. The molecular formula is C18H15N3O. The molecule has 0 aliphatic rings. The fourth-order valence-corrected chi connectivity index (χ4v) is 2.50. The van der Waals surface area contributed by atoms with Crippen LogP contribution in [0.3, 0.4) is 0 Å². The maximum Gasteiger partial charge on any atom is 0.251 e. The van der Waals surface area contributed by atoms with Crippen LogP contribution in [-0.4, -0.2) is 14.8 Å². The van der Waals surface area contributed by atoms with Gasteiger partial charge in [0.15, 0.2) is 5.52 Å². The lowest BCUT2D eigenvalue weighted by Crippen LogP contribution is -1.95. The SMILES string of the molecule is Cc1ccc(-c2nc3c(C)nn(-c4ccccc4)c3o2)cc1. The smallest absolute Gasteiger partial charge is 0.251 e. The van der Waals surface area contributed by atoms with Gasteiger partial charge in [0, 0.05) is 5.56 Å². The molecule has 0 unspecified atom stereocenters. The molecule has 0 fully saturated rings. The monoisotopic (exact) mass is 289 g/mol. The van der Waals surface area contributed by atoms with Crippen LogP contribution in [-0.2, 0) is 0 Å². The summed E-state index contributed by atoms with van der Waals surface area (Å²) >= 11 is 0. The quantitative estimate of drug-likeness (QED) is 0.552. The van der Waals surface area contributed by atoms with Gasteiger partial charge in [-0.3, -0.25) is 0 Å². The summed E-state index contributed by atoms with van der Waals surface area (Å²) in [6, 6.07) is 18.1. The second-order valence-electron chi connectivity index (χ2n) is 5.37. The molecular weight excluding hydrogens is 274 g/mol. The predicted molar refractivity (Wildman–Crippen MR) is 86.0 cm³/mol. The highest BCUT2D eigenvalue weighted by molar-refractivity contribution is 5.77. The van der Waals surface area contributed by atoms with Gasteiger partial charge >= 0.3 is 0 Å². The standard InChI is InChI=1S/C18H15N3O/c1-12-8-10-14(11-9-12)17-19-16-13(2)20-21(18(16)22-17)15-6-4-3-5-7-15/h3-11H,1-2H3. The van der Waals surface area contributed by atoms with Crippen molar-refractivity contribution in [3.8, 4) is 17.1 Å². The first-order valence-electron chi connectivity index (χ1n) is 7.21. The van der Waals surface area contributed by atoms with Gasteiger partial charge in [0.2, 0.25) is 5.89 Å². The second kappa shape index (κ2) is 4.84. The fourth-order valence-electron chi connectivity index (χ4n) is 2.50. The number of oxazole rings is 1. The molecule has 0 saturated heterocycles. The Bertz CT molecular complexity index is 934. The Hall–Kier alpha value is -2.88. The van der Waals surface area contributed by atoms with E-state index in [1.54, 1.807) is 4.68 Å². The van der Waals surface area contributed by atoms with Crippen molar-refractivity contribution < 1.29 is 4.42 Å². The molecule has 2 aromatic heterocycles. The van der Waals surface area contributed by atoms with Crippen molar-refractivity contribution in [1.29, 1.82) is 0 Å². The third kappa shape index (κ3) is 2.00. The summed E-state index contributed by atoms with van der Waals surface area (Å²) in [7, 11) is 0. The summed E-state index contributed by atoms with van der Waals surface area (Å²) in [5.74, 6) is 0.625. The van der Waals surface area contributed by atoms with E-state index in [1.807, 2.05) is 49.4 Å². The van der Waals surface area contributed by atoms with Crippen molar-refractivity contribution in [2.45, 2.75) is 13.8 Å². The summed E-state index contributed by atoms with van der Waals surface area (Å²) in [5.41, 5.74) is 5.50. The van der Waals surface area contributed by atoms with E-state index < -0.39 is 0 Å². The zero-order chi connectivity index (χ0) is 15.1. The molecule has 2 aromatic carbocycles. The van der Waals surface area contributed by atoms with Gasteiger partial charge in [0.1, 0.15) is 0 Å². The fraction of sp³-hybridized carbons (Fsp3) is 0.111. The van der Waals surface area contributed by atoms with Crippen LogP contribution in [0.4, 0.5) is 0 Å². The molecule has 4 heteroatoms. The third-order valence-electron chi connectivity index (χ3n) is 3.69. The number of para-hydroxylation sites is 1. The van der Waals surface area contributed by atoms with Gasteiger partial charge < -0.3 is 4.42 Å². The second-order valence-corrected chi connectivity index (χ2v) is 5.37. The largest absolute Gasteiger partial charge is 0.418 e. The number of aryl methyl sites for hydroxylation is 2. The van der Waals surface area contributed by atoms with Gasteiger partial charge in [-0.15, -0.1) is 0 Å². The topological polar surface area (TPSA) is 43.9 Å². The Balaban J connectivity index is 1.89. The number of rotatable bonds is 2. The average Bonchev–Trinajstić information content (AvgIpc) is 3.10. The van der Waals surface area contributed by atoms with Crippen LogP contribution in [0, 0.1) is 13.8 Å². The molecule has 0 bridgehead atoms. The molecule has 0 aliphatic carbocycles. The van der Waals surface area contributed by atoms with Crippen LogP contribution in [0.25, 0.3) is 28.4 Å². The molecule has 0 spiro atoms. The zero-order valence-electron chi connectivity index (χ0n) is 12.4. The molecule has 0 N–H and O–H groups in total. The summed E-state index contributed by atoms with van der Waals surface area (Å²) in [6.07, 6.45) is 0. The van der Waals surface area contributed by atoms with Crippen LogP contribution in [0.15, 0.2) is 59.0 Å². The summed E-state index contributed by atoms with van der Waals surface area (Å²) < 4.78 is 7.79.